The number of aromatic nitrogens is 1. The molecule has 0 aliphatic carbocycles. The van der Waals surface area contributed by atoms with Crippen molar-refractivity contribution in [1.29, 1.82) is 0 Å². The molecule has 4 nitrogen and oxygen atoms in total. The second-order valence-corrected chi connectivity index (χ2v) is 5.87. The predicted molar refractivity (Wildman–Crippen MR) is 76.6 cm³/mol. The number of thiazole rings is 1. The summed E-state index contributed by atoms with van der Waals surface area (Å²) in [7, 11) is 0. The van der Waals surface area contributed by atoms with Crippen molar-refractivity contribution in [2.45, 2.75) is 13.5 Å². The maximum absolute atomic E-state index is 12.0. The lowest BCUT2D eigenvalue weighted by molar-refractivity contribution is 0.0950. The summed E-state index contributed by atoms with van der Waals surface area (Å²) in [6, 6.07) is 5.22. The minimum absolute atomic E-state index is 0.165. The predicted octanol–water partition coefficient (Wildman–Crippen LogP) is 2.73. The molecule has 94 valence electrons. The Labute approximate surface area is 117 Å². The number of halogens is 1. The van der Waals surface area contributed by atoms with Crippen LogP contribution in [0.5, 0.6) is 0 Å². The highest BCUT2D eigenvalue weighted by Gasteiger charge is 2.11. The average molecular weight is 326 g/mol. The van der Waals surface area contributed by atoms with Gasteiger partial charge in [-0.25, -0.2) is 4.98 Å². The zero-order valence-corrected chi connectivity index (χ0v) is 12.1. The molecule has 1 heterocycles. The lowest BCUT2D eigenvalue weighted by Crippen LogP contribution is -2.23. The molecule has 3 N–H and O–H groups in total. The Morgan fingerprint density at radius 1 is 1.56 bits per heavy atom. The lowest BCUT2D eigenvalue weighted by atomic mass is 10.2. The van der Waals surface area contributed by atoms with E-state index in [2.05, 4.69) is 26.2 Å². The van der Waals surface area contributed by atoms with E-state index in [-0.39, 0.29) is 5.91 Å². The van der Waals surface area contributed by atoms with E-state index in [0.717, 1.165) is 9.88 Å². The van der Waals surface area contributed by atoms with E-state index < -0.39 is 0 Å². The quantitative estimate of drug-likeness (QED) is 0.852. The largest absolute Gasteiger partial charge is 0.398 e. The molecule has 2 aromatic rings. The van der Waals surface area contributed by atoms with Gasteiger partial charge >= 0.3 is 0 Å². The van der Waals surface area contributed by atoms with E-state index in [4.69, 9.17) is 5.73 Å². The molecule has 0 saturated heterocycles. The highest BCUT2D eigenvalue weighted by Crippen LogP contribution is 2.23. The fraction of sp³-hybridized carbons (Fsp3) is 0.167. The third-order valence-electron chi connectivity index (χ3n) is 2.34. The third kappa shape index (κ3) is 2.88. The van der Waals surface area contributed by atoms with Gasteiger partial charge in [0.05, 0.1) is 16.6 Å². The molecular formula is C12H12BrN3OS. The Morgan fingerprint density at radius 3 is 3.00 bits per heavy atom. The van der Waals surface area contributed by atoms with Gasteiger partial charge < -0.3 is 11.1 Å². The van der Waals surface area contributed by atoms with Crippen LogP contribution < -0.4 is 11.1 Å². The van der Waals surface area contributed by atoms with E-state index in [0.29, 0.717) is 22.3 Å². The van der Waals surface area contributed by atoms with Gasteiger partial charge in [-0.3, -0.25) is 4.79 Å². The van der Waals surface area contributed by atoms with Gasteiger partial charge in [-0.05, 0) is 35.0 Å². The molecule has 2 rings (SSSR count). The number of nitrogens with two attached hydrogens (primary N) is 1. The molecule has 0 bridgehead atoms. The number of carbonyl (C=O) groups excluding carboxylic acids is 1. The summed E-state index contributed by atoms with van der Waals surface area (Å²) >= 11 is 4.88. The molecule has 1 amide bonds. The van der Waals surface area contributed by atoms with E-state index in [1.54, 1.807) is 35.7 Å². The van der Waals surface area contributed by atoms with Crippen LogP contribution in [0, 0.1) is 6.92 Å². The van der Waals surface area contributed by atoms with Gasteiger partial charge in [0.25, 0.3) is 5.91 Å². The van der Waals surface area contributed by atoms with E-state index in [9.17, 15) is 4.79 Å². The summed E-state index contributed by atoms with van der Waals surface area (Å²) in [5.74, 6) is -0.165. The molecule has 0 fully saturated rings. The third-order valence-corrected chi connectivity index (χ3v) is 4.14. The van der Waals surface area contributed by atoms with Crippen molar-refractivity contribution in [1.82, 2.24) is 10.3 Å². The summed E-state index contributed by atoms with van der Waals surface area (Å²) in [6.07, 6.45) is 1.79. The maximum atomic E-state index is 12.0. The number of nitrogens with zero attached hydrogens (tertiary/aromatic N) is 1. The van der Waals surface area contributed by atoms with Crippen molar-refractivity contribution < 1.29 is 4.79 Å². The van der Waals surface area contributed by atoms with Crippen molar-refractivity contribution in [3.63, 3.8) is 0 Å². The van der Waals surface area contributed by atoms with Crippen molar-refractivity contribution in [3.8, 4) is 0 Å². The molecule has 1 aromatic heterocycles. The van der Waals surface area contributed by atoms with Gasteiger partial charge in [-0.15, -0.1) is 11.3 Å². The first-order valence-corrected chi connectivity index (χ1v) is 6.92. The normalized spacial score (nSPS) is 10.3. The van der Waals surface area contributed by atoms with E-state index in [1.165, 1.54) is 0 Å². The first-order valence-electron chi connectivity index (χ1n) is 5.31. The average Bonchev–Trinajstić information content (AvgIpc) is 2.76. The molecule has 0 unspecified atom stereocenters. The van der Waals surface area contributed by atoms with Crippen LogP contribution in [0.1, 0.15) is 20.2 Å². The minimum atomic E-state index is -0.165. The topological polar surface area (TPSA) is 68.0 Å². The smallest absolute Gasteiger partial charge is 0.252 e. The number of nitrogen functional groups attached to an aromatic ring is 1. The second-order valence-electron chi connectivity index (χ2n) is 3.76. The molecule has 0 aliphatic rings. The SMILES string of the molecule is Cc1cnc(CNC(=O)c2cccc(N)c2Br)s1. The zero-order chi connectivity index (χ0) is 13.1. The summed E-state index contributed by atoms with van der Waals surface area (Å²) in [5, 5.41) is 3.71. The van der Waals surface area contributed by atoms with Crippen LogP contribution in [0.25, 0.3) is 0 Å². The molecule has 0 aliphatic heterocycles. The van der Waals surface area contributed by atoms with Crippen LogP contribution in [-0.2, 0) is 6.54 Å². The summed E-state index contributed by atoms with van der Waals surface area (Å²) in [6.45, 7) is 2.41. The molecule has 1 aromatic carbocycles. The fourth-order valence-electron chi connectivity index (χ4n) is 1.46. The fourth-order valence-corrected chi connectivity index (χ4v) is 2.63. The minimum Gasteiger partial charge on any atom is -0.398 e. The summed E-state index contributed by atoms with van der Waals surface area (Å²) in [5.41, 5.74) is 6.81. The molecule has 0 saturated carbocycles. The van der Waals surface area contributed by atoms with E-state index in [1.807, 2.05) is 6.92 Å². The van der Waals surface area contributed by atoms with Gasteiger partial charge in [0.1, 0.15) is 5.01 Å². The second kappa shape index (κ2) is 5.49. The number of hydrogen-bond acceptors (Lipinski definition) is 4. The van der Waals surface area contributed by atoms with Crippen LogP contribution in [-0.4, -0.2) is 10.9 Å². The van der Waals surface area contributed by atoms with Crippen molar-refractivity contribution in [2.75, 3.05) is 5.73 Å². The number of benzene rings is 1. The maximum Gasteiger partial charge on any atom is 0.252 e. The number of amides is 1. The highest BCUT2D eigenvalue weighted by atomic mass is 79.9. The number of rotatable bonds is 3. The molecule has 0 radical (unpaired) electrons. The number of anilines is 1. The Kier molecular flexibility index (Phi) is 3.98. The van der Waals surface area contributed by atoms with Gasteiger partial charge in [-0.1, -0.05) is 6.07 Å². The first-order chi connectivity index (χ1) is 8.58. The van der Waals surface area contributed by atoms with Crippen molar-refractivity contribution >= 4 is 38.9 Å². The Balaban J connectivity index is 2.06. The standard InChI is InChI=1S/C12H12BrN3OS/c1-7-5-15-10(18-7)6-16-12(17)8-3-2-4-9(14)11(8)13/h2-5H,6,14H2,1H3,(H,16,17). The Morgan fingerprint density at radius 2 is 2.33 bits per heavy atom. The van der Waals surface area contributed by atoms with Crippen LogP contribution in [0.2, 0.25) is 0 Å². The number of hydrogen-bond donors (Lipinski definition) is 2. The molecule has 0 spiro atoms. The number of nitrogens with one attached hydrogen (secondary N) is 1. The molecule has 0 atom stereocenters. The summed E-state index contributed by atoms with van der Waals surface area (Å²) < 4.78 is 0.623. The van der Waals surface area contributed by atoms with Crippen LogP contribution in [0.15, 0.2) is 28.9 Å². The summed E-state index contributed by atoms with van der Waals surface area (Å²) in [4.78, 5) is 17.3. The monoisotopic (exact) mass is 325 g/mol. The van der Waals surface area contributed by atoms with Crippen LogP contribution in [0.4, 0.5) is 5.69 Å². The number of aryl methyl sites for hydroxylation is 1. The van der Waals surface area contributed by atoms with Gasteiger partial charge in [0, 0.05) is 16.8 Å². The van der Waals surface area contributed by atoms with Crippen LogP contribution in [0.3, 0.4) is 0 Å². The number of carbonyl (C=O) groups is 1. The molecular weight excluding hydrogens is 314 g/mol. The van der Waals surface area contributed by atoms with Gasteiger partial charge in [-0.2, -0.15) is 0 Å². The highest BCUT2D eigenvalue weighted by molar-refractivity contribution is 9.10. The van der Waals surface area contributed by atoms with Crippen molar-refractivity contribution in [2.24, 2.45) is 0 Å². The zero-order valence-electron chi connectivity index (χ0n) is 9.74. The Hall–Kier alpha value is -1.40. The van der Waals surface area contributed by atoms with E-state index >= 15 is 0 Å². The Bertz CT molecular complexity index is 582. The molecule has 6 heteroatoms. The van der Waals surface area contributed by atoms with Gasteiger partial charge in [0.15, 0.2) is 0 Å². The van der Waals surface area contributed by atoms with Crippen LogP contribution >= 0.6 is 27.3 Å². The van der Waals surface area contributed by atoms with Gasteiger partial charge in [0.2, 0.25) is 0 Å². The molecule has 18 heavy (non-hydrogen) atoms. The lowest BCUT2D eigenvalue weighted by Gasteiger charge is -2.07. The first kappa shape index (κ1) is 13.0. The van der Waals surface area contributed by atoms with Crippen molar-refractivity contribution in [3.05, 3.63) is 44.3 Å².